The fourth-order valence-electron chi connectivity index (χ4n) is 4.40. The Morgan fingerprint density at radius 1 is 1.27 bits per heavy atom. The van der Waals surface area contributed by atoms with Crippen LogP contribution in [0.4, 0.5) is 9.18 Å². The number of piperidine rings is 1. The van der Waals surface area contributed by atoms with E-state index in [1.54, 1.807) is 29.4 Å². The van der Waals surface area contributed by atoms with Crippen LogP contribution in [-0.2, 0) is 6.54 Å². The Hall–Kier alpha value is -2.97. The van der Waals surface area contributed by atoms with Crippen LogP contribution in [0, 0.1) is 5.82 Å². The number of carbonyl (C=O) groups excluding carboxylic acids is 1. The van der Waals surface area contributed by atoms with Crippen molar-refractivity contribution < 1.29 is 14.6 Å². The number of hydrogen-bond donors (Lipinski definition) is 3. The highest BCUT2D eigenvalue weighted by atomic mass is 35.5. The van der Waals surface area contributed by atoms with E-state index in [1.807, 2.05) is 12.1 Å². The minimum atomic E-state index is -0.304. The van der Waals surface area contributed by atoms with Gasteiger partial charge in [0.15, 0.2) is 0 Å². The van der Waals surface area contributed by atoms with E-state index < -0.39 is 0 Å². The summed E-state index contributed by atoms with van der Waals surface area (Å²) in [6.45, 7) is 2.78. The molecule has 2 amide bonds. The van der Waals surface area contributed by atoms with Crippen molar-refractivity contribution in [1.29, 1.82) is 0 Å². The Kier molecular flexibility index (Phi) is 7.25. The number of hydrogen-bond acceptors (Lipinski definition) is 4. The fraction of sp³-hybridized carbons (Fsp3) is 0.375. The van der Waals surface area contributed by atoms with E-state index in [9.17, 15) is 9.18 Å². The Morgan fingerprint density at radius 3 is 2.82 bits per heavy atom. The predicted molar refractivity (Wildman–Crippen MR) is 126 cm³/mol. The Labute approximate surface area is 197 Å². The number of rotatable bonds is 5. The number of amides is 2. The lowest BCUT2D eigenvalue weighted by atomic mass is 9.97. The van der Waals surface area contributed by atoms with Crippen LogP contribution in [0.15, 0.2) is 54.0 Å². The molecule has 9 heteroatoms. The zero-order valence-electron chi connectivity index (χ0n) is 18.4. The van der Waals surface area contributed by atoms with E-state index in [4.69, 9.17) is 22.7 Å². The van der Waals surface area contributed by atoms with Crippen LogP contribution in [0.25, 0.3) is 0 Å². The van der Waals surface area contributed by atoms with E-state index >= 15 is 0 Å². The lowest BCUT2D eigenvalue weighted by molar-refractivity contribution is -0.112. The van der Waals surface area contributed by atoms with Crippen molar-refractivity contribution in [3.8, 4) is 0 Å². The van der Waals surface area contributed by atoms with Gasteiger partial charge in [0.1, 0.15) is 5.82 Å². The maximum Gasteiger partial charge on any atom is 0.317 e. The number of nitrogens with zero attached hydrogens (tertiary/aromatic N) is 3. The van der Waals surface area contributed by atoms with E-state index in [1.165, 1.54) is 6.07 Å². The molecule has 1 atom stereocenters. The third-order valence-corrected chi connectivity index (χ3v) is 6.62. The monoisotopic (exact) mass is 471 g/mol. The van der Waals surface area contributed by atoms with Gasteiger partial charge in [0.25, 0.3) is 0 Å². The fourth-order valence-corrected chi connectivity index (χ4v) is 4.63. The van der Waals surface area contributed by atoms with Crippen molar-refractivity contribution in [3.05, 3.63) is 76.0 Å². The van der Waals surface area contributed by atoms with Crippen molar-refractivity contribution in [1.82, 2.24) is 20.1 Å². The van der Waals surface area contributed by atoms with Gasteiger partial charge >= 0.3 is 6.03 Å². The van der Waals surface area contributed by atoms with Crippen molar-refractivity contribution in [3.63, 3.8) is 0 Å². The first kappa shape index (κ1) is 23.2. The molecule has 0 spiro atoms. The highest BCUT2D eigenvalue weighted by Crippen LogP contribution is 2.23. The number of nitrogens with one attached hydrogen (secondary N) is 1. The highest BCUT2D eigenvalue weighted by Gasteiger charge is 2.29. The van der Waals surface area contributed by atoms with Gasteiger partial charge in [0.05, 0.1) is 12.1 Å². The SMILES string of the molecule is NC1=C(C(=[NH2+])c2ccncc2)CN(C(=O)N[C@@H]2CCCN(Cc3c(F)cccc3Cl)C2)CC1. The van der Waals surface area contributed by atoms with Gasteiger partial charge in [0, 0.05) is 66.3 Å². The number of pyridine rings is 1. The Morgan fingerprint density at radius 2 is 2.06 bits per heavy atom. The molecular formula is C24H29ClFN6O+. The number of urea groups is 1. The highest BCUT2D eigenvalue weighted by molar-refractivity contribution is 6.31. The Bertz CT molecular complexity index is 1040. The Balaban J connectivity index is 1.36. The summed E-state index contributed by atoms with van der Waals surface area (Å²) < 4.78 is 14.2. The lowest BCUT2D eigenvalue weighted by Gasteiger charge is -2.35. The molecular weight excluding hydrogens is 443 g/mol. The van der Waals surface area contributed by atoms with Crippen LogP contribution < -0.4 is 16.5 Å². The molecule has 0 saturated carbocycles. The molecule has 0 radical (unpaired) electrons. The van der Waals surface area contributed by atoms with E-state index in [-0.39, 0.29) is 17.9 Å². The number of likely N-dealkylation sites (tertiary alicyclic amines) is 1. The van der Waals surface area contributed by atoms with Gasteiger partial charge in [-0.25, -0.2) is 9.18 Å². The van der Waals surface area contributed by atoms with Gasteiger partial charge in [-0.3, -0.25) is 15.3 Å². The second-order valence-corrected chi connectivity index (χ2v) is 8.96. The first-order chi connectivity index (χ1) is 15.9. The van der Waals surface area contributed by atoms with Crippen LogP contribution in [0.5, 0.6) is 0 Å². The number of carbonyl (C=O) groups is 1. The molecule has 2 aliphatic rings. The summed E-state index contributed by atoms with van der Waals surface area (Å²) in [5.74, 6) is -0.304. The molecule has 1 aromatic carbocycles. The van der Waals surface area contributed by atoms with Gasteiger partial charge in [-0.15, -0.1) is 0 Å². The molecule has 4 rings (SSSR count). The number of halogens is 2. The van der Waals surface area contributed by atoms with E-state index in [0.29, 0.717) is 54.6 Å². The van der Waals surface area contributed by atoms with Gasteiger partial charge in [-0.05, 0) is 43.7 Å². The summed E-state index contributed by atoms with van der Waals surface area (Å²) in [4.78, 5) is 20.9. The standard InChI is InChI=1S/C24H28ClFN6O/c25-20-4-1-5-21(26)18(20)14-31-11-2-3-17(13-31)30-24(33)32-12-8-22(27)19(15-32)23(28)16-6-9-29-10-7-16/h1,4-7,9-10,17,28H,2-3,8,11-15,27H2,(H,30,33)/p+1/t17-/m1/s1. The van der Waals surface area contributed by atoms with E-state index in [2.05, 4.69) is 15.2 Å². The smallest absolute Gasteiger partial charge is 0.317 e. The van der Waals surface area contributed by atoms with Gasteiger partial charge in [-0.1, -0.05) is 17.7 Å². The summed E-state index contributed by atoms with van der Waals surface area (Å²) in [5, 5.41) is 9.94. The molecule has 0 bridgehead atoms. The number of benzene rings is 1. The molecule has 1 fully saturated rings. The molecule has 174 valence electrons. The van der Waals surface area contributed by atoms with Crippen LogP contribution in [0.1, 0.15) is 30.4 Å². The van der Waals surface area contributed by atoms with Crippen molar-refractivity contribution in [2.45, 2.75) is 31.8 Å². The normalized spacial score (nSPS) is 19.5. The molecule has 5 N–H and O–H groups in total. The van der Waals surface area contributed by atoms with Crippen LogP contribution in [0.2, 0.25) is 5.02 Å². The first-order valence-corrected chi connectivity index (χ1v) is 11.5. The summed E-state index contributed by atoms with van der Waals surface area (Å²) >= 11 is 6.19. The average molecular weight is 472 g/mol. The van der Waals surface area contributed by atoms with E-state index in [0.717, 1.165) is 30.5 Å². The van der Waals surface area contributed by atoms with Crippen molar-refractivity contribution in [2.24, 2.45) is 5.73 Å². The summed E-state index contributed by atoms with van der Waals surface area (Å²) in [6, 6.07) is 8.22. The largest absolute Gasteiger partial charge is 0.402 e. The summed E-state index contributed by atoms with van der Waals surface area (Å²) in [6.07, 6.45) is 5.71. The quantitative estimate of drug-likeness (QED) is 0.578. The molecule has 3 heterocycles. The van der Waals surface area contributed by atoms with Gasteiger partial charge in [0.2, 0.25) is 5.71 Å². The minimum Gasteiger partial charge on any atom is -0.402 e. The minimum absolute atomic E-state index is 0.0231. The van der Waals surface area contributed by atoms with Crippen LogP contribution in [0.3, 0.4) is 0 Å². The zero-order chi connectivity index (χ0) is 23.4. The van der Waals surface area contributed by atoms with Crippen molar-refractivity contribution in [2.75, 3.05) is 26.2 Å². The maximum absolute atomic E-state index is 14.2. The average Bonchev–Trinajstić information content (AvgIpc) is 2.82. The molecule has 1 aromatic heterocycles. The molecule has 0 aliphatic carbocycles. The van der Waals surface area contributed by atoms with Gasteiger partial charge in [-0.2, -0.15) is 0 Å². The number of aromatic nitrogens is 1. The maximum atomic E-state index is 14.2. The molecule has 2 aliphatic heterocycles. The lowest BCUT2D eigenvalue weighted by Crippen LogP contribution is -2.54. The molecule has 0 unspecified atom stereocenters. The zero-order valence-corrected chi connectivity index (χ0v) is 19.2. The van der Waals surface area contributed by atoms with Crippen molar-refractivity contribution >= 4 is 23.3 Å². The third-order valence-electron chi connectivity index (χ3n) is 6.27. The molecule has 2 aromatic rings. The van der Waals surface area contributed by atoms with Gasteiger partial charge < -0.3 is 16.0 Å². The number of nitrogens with two attached hydrogens (primary N) is 2. The predicted octanol–water partition coefficient (Wildman–Crippen LogP) is 1.72. The summed E-state index contributed by atoms with van der Waals surface area (Å²) in [5.41, 5.74) is 9.62. The second kappa shape index (κ2) is 10.3. The summed E-state index contributed by atoms with van der Waals surface area (Å²) in [7, 11) is 0. The molecule has 33 heavy (non-hydrogen) atoms. The molecule has 7 nitrogen and oxygen atoms in total. The third kappa shape index (κ3) is 5.51. The van der Waals surface area contributed by atoms with Crippen LogP contribution >= 0.6 is 11.6 Å². The topological polar surface area (TPSA) is 100 Å². The molecule has 1 saturated heterocycles. The first-order valence-electron chi connectivity index (χ1n) is 11.1. The second-order valence-electron chi connectivity index (χ2n) is 8.55. The van der Waals surface area contributed by atoms with Crippen LogP contribution in [-0.4, -0.2) is 58.7 Å².